The van der Waals surface area contributed by atoms with E-state index in [0.717, 1.165) is 0 Å². The zero-order valence-electron chi connectivity index (χ0n) is 2.92. The van der Waals surface area contributed by atoms with E-state index in [0.29, 0.717) is 0 Å². The lowest BCUT2D eigenvalue weighted by Gasteiger charge is -2.01. The van der Waals surface area contributed by atoms with Gasteiger partial charge in [-0.1, -0.05) is 4.52 Å². The van der Waals surface area contributed by atoms with Gasteiger partial charge in [0.2, 0.25) is 0 Å². The van der Waals surface area contributed by atoms with Gasteiger partial charge in [-0.15, -0.1) is 0 Å². The average Bonchev–Trinajstić information content (AvgIpc) is 1.86. The number of hydrogen-bond donors (Lipinski definition) is 3. The van der Waals surface area contributed by atoms with Crippen molar-refractivity contribution in [2.75, 3.05) is 0 Å². The second kappa shape index (κ2) is 1.36. The van der Waals surface area contributed by atoms with Crippen LogP contribution in [0.25, 0.3) is 0 Å². The summed E-state index contributed by atoms with van der Waals surface area (Å²) >= 11 is 3.78. The SMILES string of the molecule is SN1NC=NN1. The molecule has 0 aromatic rings. The highest BCUT2D eigenvalue weighted by molar-refractivity contribution is 7.77. The van der Waals surface area contributed by atoms with Gasteiger partial charge >= 0.3 is 0 Å². The fourth-order valence-electron chi connectivity index (χ4n) is 0.196. The molecule has 0 aromatic heterocycles. The second-order valence-corrected chi connectivity index (χ2v) is 1.20. The summed E-state index contributed by atoms with van der Waals surface area (Å²) in [4.78, 5) is 0. The van der Waals surface area contributed by atoms with E-state index in [4.69, 9.17) is 0 Å². The summed E-state index contributed by atoms with van der Waals surface area (Å²) < 4.78 is 1.33. The summed E-state index contributed by atoms with van der Waals surface area (Å²) in [5, 5.41) is 3.53. The molecule has 1 aliphatic heterocycles. The molecule has 0 aliphatic carbocycles. The lowest BCUT2D eigenvalue weighted by Crippen LogP contribution is -2.28. The van der Waals surface area contributed by atoms with Gasteiger partial charge in [-0.2, -0.15) is 5.10 Å². The summed E-state index contributed by atoms with van der Waals surface area (Å²) in [6.07, 6.45) is 1.49. The van der Waals surface area contributed by atoms with Gasteiger partial charge in [-0.3, -0.25) is 5.43 Å². The molecule has 0 aromatic carbocycles. The third kappa shape index (κ3) is 0.550. The smallest absolute Gasteiger partial charge is 0.126 e. The Bertz CT molecular complexity index is 61.9. The van der Waals surface area contributed by atoms with Crippen LogP contribution in [-0.4, -0.2) is 10.9 Å². The molecular weight excluding hydrogens is 100 g/mol. The summed E-state index contributed by atoms with van der Waals surface area (Å²) in [7, 11) is 0. The fraction of sp³-hybridized carbons (Fsp3) is 0. The molecule has 5 heteroatoms. The highest BCUT2D eigenvalue weighted by atomic mass is 32.1. The number of nitrogens with zero attached hydrogens (tertiary/aromatic N) is 2. The third-order valence-corrected chi connectivity index (χ3v) is 0.602. The van der Waals surface area contributed by atoms with Crippen molar-refractivity contribution in [3.05, 3.63) is 0 Å². The molecule has 0 radical (unpaired) electrons. The van der Waals surface area contributed by atoms with Crippen molar-refractivity contribution in [3.63, 3.8) is 0 Å². The van der Waals surface area contributed by atoms with Crippen LogP contribution in [0.3, 0.4) is 0 Å². The first-order chi connectivity index (χ1) is 2.89. The molecule has 0 bridgehead atoms. The monoisotopic (exact) mass is 104 g/mol. The number of thiol groups is 1. The van der Waals surface area contributed by atoms with Gasteiger partial charge in [0.15, 0.2) is 0 Å². The van der Waals surface area contributed by atoms with E-state index in [9.17, 15) is 0 Å². The maximum atomic E-state index is 3.78. The zero-order valence-corrected chi connectivity index (χ0v) is 3.81. The van der Waals surface area contributed by atoms with E-state index in [1.807, 2.05) is 0 Å². The van der Waals surface area contributed by atoms with Gasteiger partial charge in [-0.05, 0) is 12.8 Å². The lowest BCUT2D eigenvalue weighted by molar-refractivity contribution is 0.368. The molecule has 0 atom stereocenters. The molecule has 0 amide bonds. The number of hydrazine groups is 2. The van der Waals surface area contributed by atoms with E-state index in [1.165, 1.54) is 10.9 Å². The van der Waals surface area contributed by atoms with Crippen molar-refractivity contribution in [2.45, 2.75) is 0 Å². The Morgan fingerprint density at radius 1 is 1.83 bits per heavy atom. The number of rotatable bonds is 0. The van der Waals surface area contributed by atoms with E-state index in [2.05, 4.69) is 28.9 Å². The van der Waals surface area contributed by atoms with Crippen molar-refractivity contribution in [1.82, 2.24) is 15.5 Å². The van der Waals surface area contributed by atoms with Crippen molar-refractivity contribution in [2.24, 2.45) is 5.10 Å². The lowest BCUT2D eigenvalue weighted by atomic mass is 11.4. The predicted molar refractivity (Wildman–Crippen MR) is 25.6 cm³/mol. The maximum absolute atomic E-state index is 3.78. The summed E-state index contributed by atoms with van der Waals surface area (Å²) in [5.41, 5.74) is 5.09. The van der Waals surface area contributed by atoms with Crippen LogP contribution in [0.1, 0.15) is 0 Å². The fourth-order valence-corrected chi connectivity index (χ4v) is 0.299. The topological polar surface area (TPSA) is 39.7 Å². The summed E-state index contributed by atoms with van der Waals surface area (Å²) in [6.45, 7) is 0. The first kappa shape index (κ1) is 3.76. The van der Waals surface area contributed by atoms with Crippen LogP contribution in [-0.2, 0) is 0 Å². The van der Waals surface area contributed by atoms with Gasteiger partial charge in [0.05, 0.1) is 0 Å². The molecule has 4 nitrogen and oxygen atoms in total. The summed E-state index contributed by atoms with van der Waals surface area (Å²) in [5.74, 6) is 0. The van der Waals surface area contributed by atoms with E-state index in [1.54, 1.807) is 0 Å². The van der Waals surface area contributed by atoms with Crippen molar-refractivity contribution in [3.8, 4) is 0 Å². The Kier molecular flexibility index (Phi) is 0.849. The molecule has 0 unspecified atom stereocenters. The molecule has 0 saturated heterocycles. The Hall–Kier alpha value is -0.420. The molecule has 2 N–H and O–H groups in total. The Balaban J connectivity index is 2.32. The molecule has 1 rings (SSSR count). The van der Waals surface area contributed by atoms with E-state index < -0.39 is 0 Å². The minimum atomic E-state index is 1.33. The first-order valence-corrected chi connectivity index (χ1v) is 1.82. The molecule has 0 spiro atoms. The molecular formula is CH4N4S. The molecule has 1 aliphatic rings. The first-order valence-electron chi connectivity index (χ1n) is 1.42. The van der Waals surface area contributed by atoms with Crippen LogP contribution < -0.4 is 11.0 Å². The van der Waals surface area contributed by atoms with Crippen LogP contribution in [0.2, 0.25) is 0 Å². The predicted octanol–water partition coefficient (Wildman–Crippen LogP) is -0.901. The standard InChI is InChI=1S/CH4N4S/c6-5-3-1-2-4-5/h1,4,6H,(H,2,3). The number of nitrogens with one attached hydrogen (secondary N) is 2. The van der Waals surface area contributed by atoms with Crippen LogP contribution in [0.4, 0.5) is 0 Å². The minimum absolute atomic E-state index is 1.33. The van der Waals surface area contributed by atoms with Crippen molar-refractivity contribution < 1.29 is 0 Å². The Morgan fingerprint density at radius 3 is 2.83 bits per heavy atom. The number of hydrazone groups is 1. The third-order valence-electron chi connectivity index (χ3n) is 0.397. The highest BCUT2D eigenvalue weighted by Crippen LogP contribution is 1.80. The van der Waals surface area contributed by atoms with Crippen molar-refractivity contribution >= 4 is 19.2 Å². The zero-order chi connectivity index (χ0) is 4.41. The minimum Gasteiger partial charge on any atom is -0.279 e. The largest absolute Gasteiger partial charge is 0.279 e. The molecule has 1 heterocycles. The number of hydrogen-bond acceptors (Lipinski definition) is 5. The second-order valence-electron chi connectivity index (χ2n) is 0.799. The van der Waals surface area contributed by atoms with Crippen molar-refractivity contribution in [1.29, 1.82) is 0 Å². The van der Waals surface area contributed by atoms with Crippen LogP contribution in [0.15, 0.2) is 5.10 Å². The van der Waals surface area contributed by atoms with Gasteiger partial charge in [0, 0.05) is 0 Å². The summed E-state index contributed by atoms with van der Waals surface area (Å²) in [6, 6.07) is 0. The molecule has 0 saturated carbocycles. The molecule has 0 fully saturated rings. The average molecular weight is 104 g/mol. The highest BCUT2D eigenvalue weighted by Gasteiger charge is 1.93. The van der Waals surface area contributed by atoms with Gasteiger partial charge < -0.3 is 0 Å². The van der Waals surface area contributed by atoms with Gasteiger partial charge in [0.1, 0.15) is 6.34 Å². The van der Waals surface area contributed by atoms with Gasteiger partial charge in [0.25, 0.3) is 0 Å². The van der Waals surface area contributed by atoms with Crippen LogP contribution >= 0.6 is 12.8 Å². The quantitative estimate of drug-likeness (QED) is 0.349. The normalized spacial score (nSPS) is 20.2. The van der Waals surface area contributed by atoms with Crippen LogP contribution in [0.5, 0.6) is 0 Å². The Morgan fingerprint density at radius 2 is 2.67 bits per heavy atom. The molecule has 6 heavy (non-hydrogen) atoms. The van der Waals surface area contributed by atoms with E-state index in [-0.39, 0.29) is 0 Å². The van der Waals surface area contributed by atoms with Gasteiger partial charge in [-0.25, -0.2) is 5.53 Å². The Labute approximate surface area is 40.7 Å². The van der Waals surface area contributed by atoms with Crippen LogP contribution in [0, 0.1) is 0 Å². The van der Waals surface area contributed by atoms with E-state index >= 15 is 0 Å². The molecule has 34 valence electrons. The maximum Gasteiger partial charge on any atom is 0.126 e.